The fraction of sp³-hybridized carbons (Fsp3) is 0.400. The SMILES string of the molecule is O=C1CCC[C@H]2/C(=C/c3ccccc3)CCN12. The molecule has 0 spiro atoms. The van der Waals surface area contributed by atoms with Crippen molar-refractivity contribution < 1.29 is 4.79 Å². The molecule has 0 bridgehead atoms. The second kappa shape index (κ2) is 4.36. The Morgan fingerprint density at radius 2 is 2.00 bits per heavy atom. The normalized spacial score (nSPS) is 26.4. The van der Waals surface area contributed by atoms with Crippen LogP contribution in [0.1, 0.15) is 31.2 Å². The van der Waals surface area contributed by atoms with Crippen LogP contribution in [0.3, 0.4) is 0 Å². The Bertz CT molecular complexity index is 449. The van der Waals surface area contributed by atoms with Gasteiger partial charge in [0.15, 0.2) is 0 Å². The van der Waals surface area contributed by atoms with Gasteiger partial charge in [-0.15, -0.1) is 0 Å². The standard InChI is InChI=1S/C15H17NO/c17-15-8-4-7-14-13(9-10-16(14)15)11-12-5-2-1-3-6-12/h1-3,5-6,11,14H,4,7-10H2/b13-11+/t14-/m0/s1. The Balaban J connectivity index is 1.86. The van der Waals surface area contributed by atoms with Crippen molar-refractivity contribution in [2.45, 2.75) is 31.7 Å². The van der Waals surface area contributed by atoms with Crippen LogP contribution in [0.4, 0.5) is 0 Å². The van der Waals surface area contributed by atoms with Crippen LogP contribution in [-0.2, 0) is 4.79 Å². The Hall–Kier alpha value is -1.57. The summed E-state index contributed by atoms with van der Waals surface area (Å²) in [5, 5.41) is 0. The first kappa shape index (κ1) is 10.6. The molecule has 2 aliphatic rings. The largest absolute Gasteiger partial charge is 0.336 e. The number of amides is 1. The van der Waals surface area contributed by atoms with E-state index in [0.717, 1.165) is 32.2 Å². The van der Waals surface area contributed by atoms with Crippen molar-refractivity contribution in [3.05, 3.63) is 41.5 Å². The third-order valence-electron chi connectivity index (χ3n) is 3.79. The topological polar surface area (TPSA) is 20.3 Å². The van der Waals surface area contributed by atoms with Crippen molar-refractivity contribution in [3.8, 4) is 0 Å². The lowest BCUT2D eigenvalue weighted by Crippen LogP contribution is -2.39. The highest BCUT2D eigenvalue weighted by molar-refractivity contribution is 5.79. The number of benzene rings is 1. The molecule has 1 atom stereocenters. The summed E-state index contributed by atoms with van der Waals surface area (Å²) < 4.78 is 0. The number of carbonyl (C=O) groups is 1. The van der Waals surface area contributed by atoms with Crippen molar-refractivity contribution in [2.75, 3.05) is 6.54 Å². The zero-order chi connectivity index (χ0) is 11.7. The number of hydrogen-bond donors (Lipinski definition) is 0. The summed E-state index contributed by atoms with van der Waals surface area (Å²) in [5.41, 5.74) is 2.69. The van der Waals surface area contributed by atoms with Gasteiger partial charge in [0.25, 0.3) is 0 Å². The Morgan fingerprint density at radius 1 is 1.18 bits per heavy atom. The molecule has 0 radical (unpaired) electrons. The lowest BCUT2D eigenvalue weighted by Gasteiger charge is -2.29. The van der Waals surface area contributed by atoms with Crippen LogP contribution >= 0.6 is 0 Å². The van der Waals surface area contributed by atoms with Gasteiger partial charge in [-0.05, 0) is 30.4 Å². The van der Waals surface area contributed by atoms with Gasteiger partial charge in [0.05, 0.1) is 6.04 Å². The van der Waals surface area contributed by atoms with Gasteiger partial charge in [-0.3, -0.25) is 4.79 Å². The van der Waals surface area contributed by atoms with Gasteiger partial charge in [-0.25, -0.2) is 0 Å². The molecular weight excluding hydrogens is 210 g/mol. The molecule has 88 valence electrons. The van der Waals surface area contributed by atoms with Gasteiger partial charge >= 0.3 is 0 Å². The second-order valence-corrected chi connectivity index (χ2v) is 4.88. The van der Waals surface area contributed by atoms with E-state index in [1.54, 1.807) is 0 Å². The Labute approximate surface area is 102 Å². The maximum absolute atomic E-state index is 11.8. The van der Waals surface area contributed by atoms with Crippen LogP contribution in [0, 0.1) is 0 Å². The predicted octanol–water partition coefficient (Wildman–Crippen LogP) is 2.85. The Kier molecular flexibility index (Phi) is 2.71. The monoisotopic (exact) mass is 227 g/mol. The summed E-state index contributed by atoms with van der Waals surface area (Å²) >= 11 is 0. The quantitative estimate of drug-likeness (QED) is 0.722. The van der Waals surface area contributed by atoms with Gasteiger partial charge in [0.2, 0.25) is 5.91 Å². The molecule has 2 heterocycles. The fourth-order valence-electron chi connectivity index (χ4n) is 2.93. The van der Waals surface area contributed by atoms with E-state index in [2.05, 4.69) is 35.2 Å². The lowest BCUT2D eigenvalue weighted by atomic mass is 9.96. The molecule has 0 saturated carbocycles. The summed E-state index contributed by atoms with van der Waals surface area (Å²) in [6.07, 6.45) is 6.25. The summed E-state index contributed by atoms with van der Waals surface area (Å²) in [6.45, 7) is 0.919. The van der Waals surface area contributed by atoms with E-state index >= 15 is 0 Å². The van der Waals surface area contributed by atoms with Crippen LogP contribution in [-0.4, -0.2) is 23.4 Å². The van der Waals surface area contributed by atoms with Crippen LogP contribution in [0.25, 0.3) is 6.08 Å². The van der Waals surface area contributed by atoms with Gasteiger partial charge in [0, 0.05) is 13.0 Å². The number of piperidine rings is 1. The Morgan fingerprint density at radius 3 is 2.82 bits per heavy atom. The molecule has 2 heteroatoms. The number of fused-ring (bicyclic) bond motifs is 1. The summed E-state index contributed by atoms with van der Waals surface area (Å²) in [6, 6.07) is 10.8. The predicted molar refractivity (Wildman–Crippen MR) is 68.4 cm³/mol. The molecule has 0 N–H and O–H groups in total. The molecule has 1 amide bonds. The molecule has 17 heavy (non-hydrogen) atoms. The number of carbonyl (C=O) groups excluding carboxylic acids is 1. The fourth-order valence-corrected chi connectivity index (χ4v) is 2.93. The first-order valence-electron chi connectivity index (χ1n) is 6.39. The van der Waals surface area contributed by atoms with E-state index in [4.69, 9.17) is 0 Å². The minimum atomic E-state index is 0.345. The zero-order valence-corrected chi connectivity index (χ0v) is 9.93. The van der Waals surface area contributed by atoms with E-state index in [1.807, 2.05) is 6.07 Å². The number of rotatable bonds is 1. The number of nitrogens with zero attached hydrogens (tertiary/aromatic N) is 1. The van der Waals surface area contributed by atoms with E-state index in [-0.39, 0.29) is 0 Å². The molecule has 0 aromatic heterocycles. The highest BCUT2D eigenvalue weighted by atomic mass is 16.2. The molecule has 2 fully saturated rings. The minimum absolute atomic E-state index is 0.345. The van der Waals surface area contributed by atoms with E-state index < -0.39 is 0 Å². The van der Waals surface area contributed by atoms with E-state index in [1.165, 1.54) is 11.1 Å². The second-order valence-electron chi connectivity index (χ2n) is 4.88. The molecule has 1 aromatic rings. The third kappa shape index (κ3) is 1.99. The highest BCUT2D eigenvalue weighted by Crippen LogP contribution is 2.33. The smallest absolute Gasteiger partial charge is 0.223 e. The van der Waals surface area contributed by atoms with Crippen LogP contribution in [0.2, 0.25) is 0 Å². The van der Waals surface area contributed by atoms with Gasteiger partial charge in [-0.2, -0.15) is 0 Å². The van der Waals surface area contributed by atoms with Crippen LogP contribution < -0.4 is 0 Å². The molecule has 2 nitrogen and oxygen atoms in total. The van der Waals surface area contributed by atoms with Crippen molar-refractivity contribution in [2.24, 2.45) is 0 Å². The summed E-state index contributed by atoms with van der Waals surface area (Å²) in [4.78, 5) is 13.8. The molecule has 0 aliphatic carbocycles. The van der Waals surface area contributed by atoms with Gasteiger partial charge in [-0.1, -0.05) is 36.4 Å². The lowest BCUT2D eigenvalue weighted by molar-refractivity contribution is -0.133. The zero-order valence-electron chi connectivity index (χ0n) is 9.93. The molecule has 3 rings (SSSR count). The third-order valence-corrected chi connectivity index (χ3v) is 3.79. The van der Waals surface area contributed by atoms with Gasteiger partial charge in [0.1, 0.15) is 0 Å². The van der Waals surface area contributed by atoms with Crippen molar-refractivity contribution in [1.82, 2.24) is 4.90 Å². The first-order valence-corrected chi connectivity index (χ1v) is 6.39. The molecule has 2 aliphatic heterocycles. The summed E-state index contributed by atoms with van der Waals surface area (Å²) in [5.74, 6) is 0.345. The van der Waals surface area contributed by atoms with Crippen molar-refractivity contribution in [1.29, 1.82) is 0 Å². The van der Waals surface area contributed by atoms with E-state index in [0.29, 0.717) is 11.9 Å². The molecule has 2 saturated heterocycles. The molecule has 0 unspecified atom stereocenters. The maximum atomic E-state index is 11.8. The average molecular weight is 227 g/mol. The van der Waals surface area contributed by atoms with Gasteiger partial charge < -0.3 is 4.90 Å². The maximum Gasteiger partial charge on any atom is 0.223 e. The average Bonchev–Trinajstić information content (AvgIpc) is 2.76. The van der Waals surface area contributed by atoms with E-state index in [9.17, 15) is 4.79 Å². The molecular formula is C15H17NO. The number of hydrogen-bond acceptors (Lipinski definition) is 1. The highest BCUT2D eigenvalue weighted by Gasteiger charge is 2.34. The van der Waals surface area contributed by atoms with Crippen LogP contribution in [0.15, 0.2) is 35.9 Å². The summed E-state index contributed by atoms with van der Waals surface area (Å²) in [7, 11) is 0. The van der Waals surface area contributed by atoms with Crippen molar-refractivity contribution in [3.63, 3.8) is 0 Å². The van der Waals surface area contributed by atoms with Crippen molar-refractivity contribution >= 4 is 12.0 Å². The first-order chi connectivity index (χ1) is 8.34. The van der Waals surface area contributed by atoms with Crippen LogP contribution in [0.5, 0.6) is 0 Å². The minimum Gasteiger partial charge on any atom is -0.336 e. The molecule has 1 aromatic carbocycles.